The van der Waals surface area contributed by atoms with Crippen LogP contribution in [-0.2, 0) is 97.0 Å². The molecule has 34 heteroatoms. The summed E-state index contributed by atoms with van der Waals surface area (Å²) < 4.78 is 56.4. The monoisotopic (exact) mass is 1310 g/mol. The van der Waals surface area contributed by atoms with Gasteiger partial charge in [0.25, 0.3) is 29.5 Å². The second-order valence-electron chi connectivity index (χ2n) is 21.5. The van der Waals surface area contributed by atoms with Crippen molar-refractivity contribution >= 4 is 76.2 Å². The number of imidazole rings is 3. The zero-order valence-corrected chi connectivity index (χ0v) is 54.0. The first-order chi connectivity index (χ1) is 44.6. The molecule has 5 aromatic heterocycles. The minimum absolute atomic E-state index is 0.000924. The lowest BCUT2D eigenvalue weighted by molar-refractivity contribution is -0.156. The highest BCUT2D eigenvalue weighted by Crippen LogP contribution is 2.17. The summed E-state index contributed by atoms with van der Waals surface area (Å²) in [5, 5.41) is 21.3. The topological polar surface area (TPSA) is 396 Å². The molecule has 0 aromatic carbocycles. The van der Waals surface area contributed by atoms with Gasteiger partial charge in [-0.1, -0.05) is 0 Å². The van der Waals surface area contributed by atoms with Crippen molar-refractivity contribution in [1.29, 1.82) is 0 Å². The van der Waals surface area contributed by atoms with E-state index >= 15 is 0 Å². The maximum absolute atomic E-state index is 13.3. The summed E-state index contributed by atoms with van der Waals surface area (Å²) in [5.74, 6) is -3.90. The van der Waals surface area contributed by atoms with Gasteiger partial charge in [-0.3, -0.25) is 43.2 Å². The first-order valence-corrected chi connectivity index (χ1v) is 30.1. The largest absolute Gasteiger partial charge is 0.460 e. The third-order valence-corrected chi connectivity index (χ3v) is 12.7. The number of ether oxygens (including phenoxy) is 9. The number of hydrogen-bond donors (Lipinski definition) is 8. The number of nitrogens with zero attached hydrogens (tertiary/aromatic N) is 8. The summed E-state index contributed by atoms with van der Waals surface area (Å²) in [6.07, 6.45) is 9.03. The van der Waals surface area contributed by atoms with Crippen molar-refractivity contribution in [3.8, 4) is 0 Å². The molecule has 512 valence electrons. The smallest absolute Gasteiger partial charge is 0.308 e. The van der Waals surface area contributed by atoms with E-state index in [1.807, 2.05) is 20.8 Å². The normalized spacial score (nSPS) is 11.3. The Morgan fingerprint density at radius 1 is 0.387 bits per heavy atom. The standard InChI is InChI=1S/C59H88N16O18/c1-59(2,3)93-50(79)12-19-85-21-23-87-25-27-89-29-31-91-33-34-92-32-30-90-28-26-88-24-22-86-20-17-60-47(76)9-13-64-56(82)52-69-45(39-74(52)7)67-48(77)10-14-63-55(81)44-36-42(38-73(44)6)66-58(84)53-70-46(40-75(53)8)68-49(78)11-15-62-54(80)43-35-41(37-72(43)5)65-57(83)51-61-16-18-71(51)4/h16,18,35-40H,9-15,17,19-34H2,1-8H3,(H,60,76)(H,62,80)(H,63,81)(H,64,82)(H,65,83)(H,66,84)(H,67,77)(H,68,78). The number of aryl methyl sites for hydroxylation is 5. The van der Waals surface area contributed by atoms with Crippen LogP contribution in [0.5, 0.6) is 0 Å². The number of carbonyl (C=O) groups excluding carboxylic acids is 9. The number of carbonyl (C=O) groups is 9. The van der Waals surface area contributed by atoms with Crippen LogP contribution in [-0.4, -0.2) is 229 Å². The van der Waals surface area contributed by atoms with Gasteiger partial charge in [0.1, 0.15) is 17.0 Å². The fourth-order valence-electron chi connectivity index (χ4n) is 8.23. The Morgan fingerprint density at radius 2 is 0.763 bits per heavy atom. The molecule has 34 nitrogen and oxygen atoms in total. The van der Waals surface area contributed by atoms with Gasteiger partial charge in [-0.05, 0) is 32.9 Å². The molecular weight excluding hydrogens is 1220 g/mol. The first kappa shape index (κ1) is 74.8. The predicted octanol–water partition coefficient (Wildman–Crippen LogP) is 0.687. The highest BCUT2D eigenvalue weighted by molar-refractivity contribution is 6.04. The minimum Gasteiger partial charge on any atom is -0.460 e. The van der Waals surface area contributed by atoms with E-state index in [1.165, 1.54) is 55.2 Å². The fraction of sp³-hybridized carbons (Fsp3) is 0.559. The highest BCUT2D eigenvalue weighted by Gasteiger charge is 2.22. The number of esters is 1. The van der Waals surface area contributed by atoms with Crippen LogP contribution < -0.4 is 42.5 Å². The minimum atomic E-state index is -0.638. The molecule has 0 radical (unpaired) electrons. The van der Waals surface area contributed by atoms with Crippen LogP contribution in [0.1, 0.15) is 99.3 Å². The van der Waals surface area contributed by atoms with E-state index in [9.17, 15) is 43.2 Å². The van der Waals surface area contributed by atoms with Crippen molar-refractivity contribution in [3.63, 3.8) is 0 Å². The van der Waals surface area contributed by atoms with Gasteiger partial charge in [0.2, 0.25) is 29.4 Å². The van der Waals surface area contributed by atoms with Gasteiger partial charge in [-0.15, -0.1) is 0 Å². The number of hydrogen-bond acceptors (Lipinski definition) is 21. The third-order valence-electron chi connectivity index (χ3n) is 12.7. The molecule has 0 saturated heterocycles. The van der Waals surface area contributed by atoms with E-state index in [0.717, 1.165) is 0 Å². The lowest BCUT2D eigenvalue weighted by atomic mass is 10.2. The van der Waals surface area contributed by atoms with Crippen molar-refractivity contribution in [3.05, 3.63) is 78.2 Å². The summed E-state index contributed by atoms with van der Waals surface area (Å²) in [6.45, 7) is 11.9. The van der Waals surface area contributed by atoms with Crippen molar-refractivity contribution in [2.24, 2.45) is 35.2 Å². The number of anilines is 4. The second-order valence-corrected chi connectivity index (χ2v) is 21.5. The maximum Gasteiger partial charge on any atom is 0.308 e. The lowest BCUT2D eigenvalue weighted by Crippen LogP contribution is -2.33. The molecule has 8 amide bonds. The SMILES string of the molecule is Cn1cc(NC(=O)c2nc(NC(=O)CCNC(=O)c3cc(NC(=O)c4nccn4C)cn3C)cn2C)cc1C(=O)NCCC(=O)Nc1cn(C)c(C(=O)NCCC(=O)NCCOCCOCCOCCOCCOCCOCCOCCOCCC(=O)OC(C)(C)C)n1. The van der Waals surface area contributed by atoms with Gasteiger partial charge in [0, 0.05) is 118 Å². The Hall–Kier alpha value is -8.90. The molecule has 0 aliphatic rings. The van der Waals surface area contributed by atoms with Crippen LogP contribution in [0.3, 0.4) is 0 Å². The van der Waals surface area contributed by atoms with Gasteiger partial charge in [0.05, 0.1) is 124 Å². The van der Waals surface area contributed by atoms with E-state index in [4.69, 9.17) is 42.6 Å². The summed E-state index contributed by atoms with van der Waals surface area (Å²) in [4.78, 5) is 127. The second kappa shape index (κ2) is 40.2. The quantitative estimate of drug-likeness (QED) is 0.0196. The maximum atomic E-state index is 13.3. The van der Waals surface area contributed by atoms with E-state index in [-0.39, 0.29) is 123 Å². The van der Waals surface area contributed by atoms with Crippen molar-refractivity contribution < 1.29 is 85.8 Å². The molecule has 5 rings (SSSR count). The summed E-state index contributed by atoms with van der Waals surface area (Å²) in [5.41, 5.74) is 0.557. The van der Waals surface area contributed by atoms with Crippen LogP contribution >= 0.6 is 0 Å². The molecule has 0 unspecified atom stereocenters. The van der Waals surface area contributed by atoms with Gasteiger partial charge in [-0.25, -0.2) is 15.0 Å². The molecule has 0 saturated carbocycles. The molecule has 8 N–H and O–H groups in total. The summed E-state index contributed by atoms with van der Waals surface area (Å²) in [7, 11) is 8.04. The number of nitrogens with one attached hydrogen (secondary N) is 8. The Balaban J connectivity index is 0.821. The third kappa shape index (κ3) is 28.7. The van der Waals surface area contributed by atoms with Crippen LogP contribution in [0, 0.1) is 0 Å². The molecule has 93 heavy (non-hydrogen) atoms. The van der Waals surface area contributed by atoms with Crippen LogP contribution in [0.15, 0.2) is 49.3 Å². The van der Waals surface area contributed by atoms with Crippen LogP contribution in [0.2, 0.25) is 0 Å². The van der Waals surface area contributed by atoms with E-state index in [2.05, 4.69) is 57.5 Å². The molecule has 0 atom stereocenters. The Morgan fingerprint density at radius 3 is 1.17 bits per heavy atom. The average molecular weight is 1310 g/mol. The van der Waals surface area contributed by atoms with Crippen molar-refractivity contribution in [2.45, 2.75) is 52.1 Å². The molecule has 0 aliphatic carbocycles. The van der Waals surface area contributed by atoms with Gasteiger partial charge in [-0.2, -0.15) is 0 Å². The molecule has 0 aliphatic heterocycles. The first-order valence-electron chi connectivity index (χ1n) is 30.1. The zero-order valence-electron chi connectivity index (χ0n) is 54.0. The Labute approximate surface area is 538 Å². The average Bonchev–Trinajstić information content (AvgIpc) is 1.73. The number of amides is 8. The van der Waals surface area contributed by atoms with Gasteiger partial charge >= 0.3 is 5.97 Å². The van der Waals surface area contributed by atoms with Crippen LogP contribution in [0.4, 0.5) is 23.0 Å². The van der Waals surface area contributed by atoms with E-state index < -0.39 is 47.0 Å². The van der Waals surface area contributed by atoms with Gasteiger partial charge < -0.3 is 108 Å². The highest BCUT2D eigenvalue weighted by atomic mass is 16.6. The molecule has 0 bridgehead atoms. The zero-order chi connectivity index (χ0) is 67.5. The molecular formula is C59H88N16O18. The molecule has 5 aromatic rings. The van der Waals surface area contributed by atoms with Crippen molar-refractivity contribution in [1.82, 2.24) is 59.1 Å². The Bertz CT molecular complexity index is 3210. The van der Waals surface area contributed by atoms with E-state index in [0.29, 0.717) is 98.2 Å². The molecule has 5 heterocycles. The summed E-state index contributed by atoms with van der Waals surface area (Å²) >= 11 is 0. The Kier molecular flexibility index (Phi) is 32.3. The molecule has 0 fully saturated rings. The predicted molar refractivity (Wildman–Crippen MR) is 334 cm³/mol. The number of aromatic nitrogens is 8. The van der Waals surface area contributed by atoms with Crippen LogP contribution in [0.25, 0.3) is 0 Å². The number of rotatable bonds is 45. The lowest BCUT2D eigenvalue weighted by Gasteiger charge is -2.19. The van der Waals surface area contributed by atoms with Crippen molar-refractivity contribution in [2.75, 3.05) is 153 Å². The van der Waals surface area contributed by atoms with Gasteiger partial charge in [0.15, 0.2) is 17.5 Å². The summed E-state index contributed by atoms with van der Waals surface area (Å²) in [6, 6.07) is 2.93. The van der Waals surface area contributed by atoms with E-state index in [1.54, 1.807) is 52.2 Å². The fourth-order valence-corrected chi connectivity index (χ4v) is 8.23. The molecule has 0 spiro atoms.